The van der Waals surface area contributed by atoms with Gasteiger partial charge in [-0.2, -0.15) is 0 Å². The minimum Gasteiger partial charge on any atom is -0.355 e. The molecule has 4 aliphatic rings. The van der Waals surface area contributed by atoms with E-state index in [0.29, 0.717) is 19.0 Å². The summed E-state index contributed by atoms with van der Waals surface area (Å²) < 4.78 is 1.81. The molecular formula is C23H29N5O2. The molecule has 7 heteroatoms. The van der Waals surface area contributed by atoms with Gasteiger partial charge in [0.25, 0.3) is 0 Å². The molecule has 0 saturated heterocycles. The number of nitrogens with one attached hydrogen (secondary N) is 2. The zero-order valence-corrected chi connectivity index (χ0v) is 17.2. The highest BCUT2D eigenvalue weighted by molar-refractivity contribution is 5.90. The third-order valence-electron chi connectivity index (χ3n) is 7.22. The number of hydrogen-bond donors (Lipinski definition) is 2. The molecule has 2 amide bonds. The summed E-state index contributed by atoms with van der Waals surface area (Å²) in [5.41, 5.74) is 0.941. The van der Waals surface area contributed by atoms with E-state index in [1.807, 2.05) is 30.3 Å². The summed E-state index contributed by atoms with van der Waals surface area (Å²) in [5, 5.41) is 13.8. The smallest absolute Gasteiger partial charge is 0.231 e. The molecule has 2 N–H and O–H groups in total. The summed E-state index contributed by atoms with van der Waals surface area (Å²) in [6.45, 7) is 0.950. The number of benzene rings is 1. The zero-order valence-electron chi connectivity index (χ0n) is 17.2. The highest BCUT2D eigenvalue weighted by Gasteiger charge is 2.54. The predicted molar refractivity (Wildman–Crippen MR) is 112 cm³/mol. The maximum atomic E-state index is 13.0. The van der Waals surface area contributed by atoms with Crippen LogP contribution in [-0.4, -0.2) is 33.1 Å². The van der Waals surface area contributed by atoms with Crippen molar-refractivity contribution in [3.05, 3.63) is 42.2 Å². The van der Waals surface area contributed by atoms with Crippen LogP contribution in [0.1, 0.15) is 50.5 Å². The van der Waals surface area contributed by atoms with Crippen molar-refractivity contribution in [2.45, 2.75) is 51.5 Å². The van der Waals surface area contributed by atoms with Gasteiger partial charge >= 0.3 is 0 Å². The fourth-order valence-electron chi connectivity index (χ4n) is 6.30. The summed E-state index contributed by atoms with van der Waals surface area (Å²) in [6, 6.07) is 9.96. The molecule has 4 saturated carbocycles. The Labute approximate surface area is 176 Å². The number of carbonyl (C=O) groups excluding carboxylic acids is 2. The van der Waals surface area contributed by atoms with E-state index in [9.17, 15) is 9.59 Å². The van der Waals surface area contributed by atoms with Gasteiger partial charge in [-0.1, -0.05) is 30.3 Å². The van der Waals surface area contributed by atoms with Gasteiger partial charge < -0.3 is 5.32 Å². The fourth-order valence-corrected chi connectivity index (χ4v) is 6.30. The molecule has 0 atom stereocenters. The van der Waals surface area contributed by atoms with Crippen LogP contribution in [0.15, 0.2) is 36.7 Å². The first kappa shape index (κ1) is 19.3. The molecule has 1 aromatic heterocycles. The van der Waals surface area contributed by atoms with Crippen molar-refractivity contribution < 1.29 is 9.59 Å². The van der Waals surface area contributed by atoms with Gasteiger partial charge in [0.1, 0.15) is 6.33 Å². The Kier molecular flexibility index (Phi) is 5.05. The molecule has 30 heavy (non-hydrogen) atoms. The third-order valence-corrected chi connectivity index (χ3v) is 7.22. The molecule has 7 nitrogen and oxygen atoms in total. The average molecular weight is 408 g/mol. The van der Waals surface area contributed by atoms with Gasteiger partial charge in [0.2, 0.25) is 17.8 Å². The number of anilines is 1. The lowest BCUT2D eigenvalue weighted by molar-refractivity contribution is -0.146. The van der Waals surface area contributed by atoms with E-state index in [1.165, 1.54) is 19.3 Å². The second-order valence-electron chi connectivity index (χ2n) is 9.52. The fraction of sp³-hybridized carbons (Fsp3) is 0.565. The van der Waals surface area contributed by atoms with Gasteiger partial charge in [-0.15, -0.1) is 10.2 Å². The molecule has 1 aromatic carbocycles. The zero-order chi connectivity index (χ0) is 20.6. The summed E-state index contributed by atoms with van der Waals surface area (Å²) in [6.07, 6.45) is 8.92. The first-order valence-electron chi connectivity index (χ1n) is 11.1. The van der Waals surface area contributed by atoms with Gasteiger partial charge in [-0.05, 0) is 61.8 Å². The van der Waals surface area contributed by atoms with Crippen molar-refractivity contribution in [3.8, 4) is 0 Å². The maximum Gasteiger partial charge on any atom is 0.231 e. The summed E-state index contributed by atoms with van der Waals surface area (Å²) in [4.78, 5) is 25.4. The Morgan fingerprint density at radius 2 is 1.70 bits per heavy atom. The Morgan fingerprint density at radius 3 is 2.37 bits per heavy atom. The number of aromatic nitrogens is 3. The summed E-state index contributed by atoms with van der Waals surface area (Å²) in [5.74, 6) is 2.64. The summed E-state index contributed by atoms with van der Waals surface area (Å²) >= 11 is 0. The molecule has 1 heterocycles. The van der Waals surface area contributed by atoms with Gasteiger partial charge in [0.05, 0.1) is 6.54 Å². The maximum absolute atomic E-state index is 13.0. The lowest BCUT2D eigenvalue weighted by Gasteiger charge is -2.55. The van der Waals surface area contributed by atoms with Crippen LogP contribution in [0, 0.1) is 23.2 Å². The van der Waals surface area contributed by atoms with Gasteiger partial charge in [0.15, 0.2) is 0 Å². The van der Waals surface area contributed by atoms with Crippen molar-refractivity contribution in [1.82, 2.24) is 20.1 Å². The quantitative estimate of drug-likeness (QED) is 0.738. The minimum absolute atomic E-state index is 0.164. The molecule has 4 bridgehead atoms. The normalized spacial score (nSPS) is 29.0. The van der Waals surface area contributed by atoms with Crippen LogP contribution in [0.3, 0.4) is 0 Å². The third kappa shape index (κ3) is 3.85. The van der Waals surface area contributed by atoms with Crippen molar-refractivity contribution in [1.29, 1.82) is 0 Å². The topological polar surface area (TPSA) is 88.9 Å². The Bertz CT molecular complexity index is 887. The van der Waals surface area contributed by atoms with Gasteiger partial charge in [-0.25, -0.2) is 0 Å². The van der Waals surface area contributed by atoms with E-state index >= 15 is 0 Å². The van der Waals surface area contributed by atoms with Crippen LogP contribution < -0.4 is 10.6 Å². The van der Waals surface area contributed by atoms with E-state index in [0.717, 1.165) is 42.6 Å². The Balaban J connectivity index is 1.12. The number of amides is 2. The van der Waals surface area contributed by atoms with Crippen LogP contribution in [0.5, 0.6) is 0 Å². The molecule has 2 aromatic rings. The second-order valence-corrected chi connectivity index (χ2v) is 9.52. The molecule has 4 fully saturated rings. The van der Waals surface area contributed by atoms with Crippen LogP contribution in [-0.2, 0) is 16.1 Å². The summed E-state index contributed by atoms with van der Waals surface area (Å²) in [7, 11) is 0. The van der Waals surface area contributed by atoms with E-state index < -0.39 is 0 Å². The molecular weight excluding hydrogens is 378 g/mol. The minimum atomic E-state index is -0.166. The molecule has 0 aliphatic heterocycles. The highest BCUT2D eigenvalue weighted by Crippen LogP contribution is 2.60. The van der Waals surface area contributed by atoms with Crippen LogP contribution >= 0.6 is 0 Å². The van der Waals surface area contributed by atoms with Gasteiger partial charge in [-0.3, -0.25) is 19.5 Å². The number of carbonyl (C=O) groups is 2. The molecule has 4 aliphatic carbocycles. The van der Waals surface area contributed by atoms with E-state index in [-0.39, 0.29) is 23.7 Å². The largest absolute Gasteiger partial charge is 0.355 e. The van der Waals surface area contributed by atoms with Crippen LogP contribution in [0.4, 0.5) is 5.95 Å². The second kappa shape index (κ2) is 7.85. The standard InChI is InChI=1S/C23H29N5O2/c29-20(26-22-27-25-15-28(22)14-16-4-2-1-3-5-16)6-7-24-21(30)23-11-17-8-18(12-23)10-19(9-17)13-23/h1-5,15,17-19H,6-14H2,(H,24,30)(H,26,27,29). The molecule has 0 radical (unpaired) electrons. The number of hydrogen-bond acceptors (Lipinski definition) is 4. The van der Waals surface area contributed by atoms with E-state index in [4.69, 9.17) is 0 Å². The lowest BCUT2D eigenvalue weighted by Crippen LogP contribution is -2.53. The Hall–Kier alpha value is -2.70. The van der Waals surface area contributed by atoms with Crippen molar-refractivity contribution >= 4 is 17.8 Å². The van der Waals surface area contributed by atoms with Gasteiger partial charge in [0, 0.05) is 18.4 Å². The first-order valence-corrected chi connectivity index (χ1v) is 11.1. The monoisotopic (exact) mass is 407 g/mol. The number of nitrogens with zero attached hydrogens (tertiary/aromatic N) is 3. The molecule has 6 rings (SSSR count). The highest BCUT2D eigenvalue weighted by atomic mass is 16.2. The van der Waals surface area contributed by atoms with Crippen molar-refractivity contribution in [3.63, 3.8) is 0 Å². The average Bonchev–Trinajstić information content (AvgIpc) is 3.14. The van der Waals surface area contributed by atoms with Crippen LogP contribution in [0.25, 0.3) is 0 Å². The molecule has 0 spiro atoms. The lowest BCUT2D eigenvalue weighted by atomic mass is 9.49. The predicted octanol–water partition coefficient (Wildman–Crippen LogP) is 2.99. The first-order chi connectivity index (χ1) is 14.6. The van der Waals surface area contributed by atoms with Crippen molar-refractivity contribution in [2.24, 2.45) is 23.2 Å². The Morgan fingerprint density at radius 1 is 1.03 bits per heavy atom. The number of rotatable bonds is 7. The molecule has 158 valence electrons. The molecule has 0 unspecified atom stereocenters. The van der Waals surface area contributed by atoms with E-state index in [2.05, 4.69) is 20.8 Å². The SMILES string of the molecule is O=C(CCNC(=O)C12CC3CC(CC(C3)C1)C2)Nc1nncn1Cc1ccccc1. The van der Waals surface area contributed by atoms with Crippen molar-refractivity contribution in [2.75, 3.05) is 11.9 Å². The van der Waals surface area contributed by atoms with Crippen LogP contribution in [0.2, 0.25) is 0 Å². The van der Waals surface area contributed by atoms with E-state index in [1.54, 1.807) is 10.9 Å².